The van der Waals surface area contributed by atoms with Gasteiger partial charge in [0.25, 0.3) is 0 Å². The first kappa shape index (κ1) is 11.5. The van der Waals surface area contributed by atoms with Gasteiger partial charge in [-0.3, -0.25) is 4.57 Å². The predicted octanol–water partition coefficient (Wildman–Crippen LogP) is -0.585. The van der Waals surface area contributed by atoms with Crippen molar-refractivity contribution in [2.45, 2.75) is 24.6 Å². The van der Waals surface area contributed by atoms with Gasteiger partial charge in [0.1, 0.15) is 24.1 Å². The van der Waals surface area contributed by atoms with Crippen molar-refractivity contribution in [1.82, 2.24) is 19.5 Å². The average molecular weight is 254 g/mol. The molecule has 0 unspecified atom stereocenters. The first-order chi connectivity index (χ1) is 8.72. The third kappa shape index (κ3) is 1.57. The van der Waals surface area contributed by atoms with Crippen molar-refractivity contribution in [2.24, 2.45) is 0 Å². The van der Waals surface area contributed by atoms with Crippen molar-refractivity contribution in [3.05, 3.63) is 18.9 Å². The molecule has 0 bridgehead atoms. The molecular weight excluding hydrogens is 243 g/mol. The van der Waals surface area contributed by atoms with Crippen LogP contribution >= 0.6 is 0 Å². The van der Waals surface area contributed by atoms with Crippen molar-refractivity contribution >= 4 is 11.2 Å². The number of hydrogen-bond donors (Lipinski definition) is 2. The van der Waals surface area contributed by atoms with Crippen molar-refractivity contribution in [1.29, 1.82) is 0 Å². The number of imidazole rings is 1. The van der Waals surface area contributed by atoms with E-state index in [0.717, 1.165) is 0 Å². The van der Waals surface area contributed by atoms with Crippen LogP contribution in [0.3, 0.4) is 0 Å². The molecule has 0 spiro atoms. The number of rotatable bonds is 2. The molecule has 0 amide bonds. The third-order valence-corrected chi connectivity index (χ3v) is 2.98. The van der Waals surface area contributed by atoms with E-state index in [1.807, 2.05) is 0 Å². The zero-order valence-electron chi connectivity index (χ0n) is 9.22. The van der Waals surface area contributed by atoms with Gasteiger partial charge >= 0.3 is 0 Å². The molecule has 4 atom stereocenters. The Morgan fingerprint density at radius 3 is 3.00 bits per heavy atom. The summed E-state index contributed by atoms with van der Waals surface area (Å²) >= 11 is 0. The van der Waals surface area contributed by atoms with Crippen molar-refractivity contribution in [3.63, 3.8) is 0 Å². The maximum absolute atomic E-state index is 13.6. The van der Waals surface area contributed by atoms with Crippen molar-refractivity contribution in [2.75, 3.05) is 6.61 Å². The summed E-state index contributed by atoms with van der Waals surface area (Å²) in [6.07, 6.45) is -0.746. The van der Waals surface area contributed by atoms with Gasteiger partial charge in [0.15, 0.2) is 18.0 Å². The maximum Gasteiger partial charge on any atom is 0.166 e. The summed E-state index contributed by atoms with van der Waals surface area (Å²) in [4.78, 5) is 11.9. The highest BCUT2D eigenvalue weighted by molar-refractivity contribution is 5.68. The fourth-order valence-corrected chi connectivity index (χ4v) is 2.06. The molecule has 1 aliphatic rings. The molecule has 1 aliphatic heterocycles. The van der Waals surface area contributed by atoms with Crippen LogP contribution in [0.5, 0.6) is 0 Å². The molecule has 3 rings (SSSR count). The molecule has 2 N–H and O–H groups in total. The fourth-order valence-electron chi connectivity index (χ4n) is 2.06. The minimum absolute atomic E-state index is 0.444. The minimum Gasteiger partial charge on any atom is -0.394 e. The fraction of sp³-hybridized carbons (Fsp3) is 0.500. The van der Waals surface area contributed by atoms with Gasteiger partial charge < -0.3 is 14.9 Å². The number of nitrogens with zero attached hydrogens (tertiary/aromatic N) is 4. The van der Waals surface area contributed by atoms with E-state index in [-0.39, 0.29) is 0 Å². The molecule has 1 fully saturated rings. The second kappa shape index (κ2) is 4.23. The number of hydrogen-bond acceptors (Lipinski definition) is 6. The molecule has 0 radical (unpaired) electrons. The molecule has 0 aliphatic carbocycles. The predicted molar refractivity (Wildman–Crippen MR) is 57.2 cm³/mol. The topological polar surface area (TPSA) is 93.3 Å². The monoisotopic (exact) mass is 254 g/mol. The Labute approximate surface area is 101 Å². The lowest BCUT2D eigenvalue weighted by Gasteiger charge is -2.15. The van der Waals surface area contributed by atoms with Crippen LogP contribution in [0.15, 0.2) is 18.9 Å². The lowest BCUT2D eigenvalue weighted by atomic mass is 10.1. The first-order valence-electron chi connectivity index (χ1n) is 5.43. The SMILES string of the molecule is OC[C@H]1O[C@@H](n2cnc3cncnc32)[C@H](O)[C@H]1F. The molecule has 3 heterocycles. The van der Waals surface area contributed by atoms with Crippen LogP contribution in [0.4, 0.5) is 4.39 Å². The van der Waals surface area contributed by atoms with Crippen LogP contribution in [0.1, 0.15) is 6.23 Å². The average Bonchev–Trinajstić information content (AvgIpc) is 2.93. The van der Waals surface area contributed by atoms with E-state index < -0.39 is 31.2 Å². The molecular formula is C10H11FN4O3. The van der Waals surface area contributed by atoms with Crippen LogP contribution in [0.2, 0.25) is 0 Å². The maximum atomic E-state index is 13.6. The van der Waals surface area contributed by atoms with E-state index in [9.17, 15) is 9.50 Å². The van der Waals surface area contributed by atoms with Gasteiger partial charge in [-0.2, -0.15) is 0 Å². The largest absolute Gasteiger partial charge is 0.394 e. The van der Waals surface area contributed by atoms with Gasteiger partial charge in [-0.25, -0.2) is 19.3 Å². The van der Waals surface area contributed by atoms with E-state index in [1.54, 1.807) is 0 Å². The Morgan fingerprint density at radius 2 is 2.28 bits per heavy atom. The lowest BCUT2D eigenvalue weighted by Crippen LogP contribution is -2.29. The van der Waals surface area contributed by atoms with Gasteiger partial charge in [-0.15, -0.1) is 0 Å². The molecule has 7 nitrogen and oxygen atoms in total. The van der Waals surface area contributed by atoms with E-state index >= 15 is 0 Å². The Morgan fingerprint density at radius 1 is 1.44 bits per heavy atom. The minimum atomic E-state index is -1.64. The van der Waals surface area contributed by atoms with Crippen LogP contribution in [-0.2, 0) is 4.74 Å². The Hall–Kier alpha value is -1.64. The zero-order valence-corrected chi connectivity index (χ0v) is 9.22. The molecule has 2 aromatic rings. The van der Waals surface area contributed by atoms with Crippen LogP contribution in [-0.4, -0.2) is 54.7 Å². The number of aliphatic hydroxyl groups is 2. The smallest absolute Gasteiger partial charge is 0.166 e. The molecule has 2 aromatic heterocycles. The highest BCUT2D eigenvalue weighted by Crippen LogP contribution is 2.32. The van der Waals surface area contributed by atoms with E-state index in [2.05, 4.69) is 15.0 Å². The Kier molecular flexibility index (Phi) is 2.69. The molecule has 96 valence electrons. The zero-order chi connectivity index (χ0) is 12.7. The van der Waals surface area contributed by atoms with Gasteiger partial charge in [0.2, 0.25) is 0 Å². The van der Waals surface area contributed by atoms with E-state index in [0.29, 0.717) is 11.2 Å². The number of halogens is 1. The Balaban J connectivity index is 2.00. The normalized spacial score (nSPS) is 32.2. The molecule has 0 saturated carbocycles. The van der Waals surface area contributed by atoms with Crippen molar-refractivity contribution in [3.8, 4) is 0 Å². The van der Waals surface area contributed by atoms with Crippen LogP contribution in [0, 0.1) is 0 Å². The summed E-state index contributed by atoms with van der Waals surface area (Å²) in [7, 11) is 0. The van der Waals surface area contributed by atoms with E-state index in [4.69, 9.17) is 9.84 Å². The molecule has 18 heavy (non-hydrogen) atoms. The number of ether oxygens (including phenoxy) is 1. The highest BCUT2D eigenvalue weighted by Gasteiger charge is 2.45. The number of aromatic nitrogens is 4. The van der Waals surface area contributed by atoms with Crippen molar-refractivity contribution < 1.29 is 19.3 Å². The first-order valence-corrected chi connectivity index (χ1v) is 5.43. The second-order valence-electron chi connectivity index (χ2n) is 4.07. The quantitative estimate of drug-likeness (QED) is 0.744. The summed E-state index contributed by atoms with van der Waals surface area (Å²) in [5.74, 6) is 0. The summed E-state index contributed by atoms with van der Waals surface area (Å²) in [5.41, 5.74) is 0.969. The number of aliphatic hydroxyl groups excluding tert-OH is 2. The van der Waals surface area contributed by atoms with Gasteiger partial charge in [0.05, 0.1) is 19.1 Å². The second-order valence-corrected chi connectivity index (χ2v) is 4.07. The summed E-state index contributed by atoms with van der Waals surface area (Å²) in [6.45, 7) is -0.490. The summed E-state index contributed by atoms with van der Waals surface area (Å²) < 4.78 is 20.3. The number of fused-ring (bicyclic) bond motifs is 1. The molecule has 1 saturated heterocycles. The standard InChI is InChI=1S/C10H11FN4O3/c11-7-6(2-16)18-10(8(7)17)15-4-14-5-1-12-3-13-9(5)15/h1,3-4,6-8,10,16-17H,2H2/t6-,7+,8-,10-/m1/s1. The molecule has 0 aromatic carbocycles. The Bertz CT molecular complexity index is 563. The lowest BCUT2D eigenvalue weighted by molar-refractivity contribution is -0.0495. The van der Waals surface area contributed by atoms with Crippen LogP contribution < -0.4 is 0 Å². The summed E-state index contributed by atoms with van der Waals surface area (Å²) in [5, 5.41) is 18.7. The van der Waals surface area contributed by atoms with Gasteiger partial charge in [-0.1, -0.05) is 0 Å². The van der Waals surface area contributed by atoms with Gasteiger partial charge in [-0.05, 0) is 0 Å². The third-order valence-electron chi connectivity index (χ3n) is 2.98. The highest BCUT2D eigenvalue weighted by atomic mass is 19.1. The van der Waals surface area contributed by atoms with Crippen LogP contribution in [0.25, 0.3) is 11.2 Å². The van der Waals surface area contributed by atoms with E-state index in [1.165, 1.54) is 23.4 Å². The summed E-state index contributed by atoms with van der Waals surface area (Å²) in [6, 6.07) is 0. The number of alkyl halides is 1. The van der Waals surface area contributed by atoms with Gasteiger partial charge in [0, 0.05) is 0 Å². The molecule has 8 heteroatoms.